The quantitative estimate of drug-likeness (QED) is 0.627. The molecule has 1 aliphatic rings. The molecule has 0 unspecified atom stereocenters. The normalized spacial score (nSPS) is 16.1. The Morgan fingerprint density at radius 3 is 2.79 bits per heavy atom. The maximum atomic E-state index is 13.0. The molecular weight excluding hydrogens is 422 g/mol. The third kappa shape index (κ3) is 3.80. The lowest BCUT2D eigenvalue weighted by atomic mass is 9.82. The molecule has 1 N–H and O–H groups in total. The summed E-state index contributed by atoms with van der Waals surface area (Å²) in [6.45, 7) is 1.25. The van der Waals surface area contributed by atoms with Gasteiger partial charge in [0.15, 0.2) is 0 Å². The van der Waals surface area contributed by atoms with Gasteiger partial charge in [0.2, 0.25) is 5.91 Å². The van der Waals surface area contributed by atoms with E-state index in [-0.39, 0.29) is 12.3 Å². The van der Waals surface area contributed by atoms with Gasteiger partial charge in [-0.25, -0.2) is 0 Å². The number of halogens is 1. The second kappa shape index (κ2) is 7.97. The molecule has 28 heavy (non-hydrogen) atoms. The van der Waals surface area contributed by atoms with Crippen molar-refractivity contribution in [2.45, 2.75) is 24.8 Å². The summed E-state index contributed by atoms with van der Waals surface area (Å²) >= 11 is 3.54. The standard InChI is InChI=1S/C22H22BrNO4/c1-26-18-5-6-19-15(14-28-20(19)13-18)11-21(25)24-22(7-9-27-10-8-22)16-3-2-4-17(23)12-16/h2-6,12-14H,7-11H2,1H3,(H,24,25). The van der Waals surface area contributed by atoms with Gasteiger partial charge in [-0.3, -0.25) is 4.79 Å². The second-order valence-corrected chi connectivity index (χ2v) is 7.97. The van der Waals surface area contributed by atoms with Crippen molar-refractivity contribution < 1.29 is 18.7 Å². The van der Waals surface area contributed by atoms with Crippen LogP contribution in [-0.4, -0.2) is 26.2 Å². The van der Waals surface area contributed by atoms with E-state index in [1.807, 2.05) is 30.3 Å². The van der Waals surface area contributed by atoms with Crippen molar-refractivity contribution in [2.75, 3.05) is 20.3 Å². The van der Waals surface area contributed by atoms with Crippen LogP contribution in [0.5, 0.6) is 5.75 Å². The highest BCUT2D eigenvalue weighted by atomic mass is 79.9. The van der Waals surface area contributed by atoms with Crippen LogP contribution in [0.15, 0.2) is 57.6 Å². The zero-order chi connectivity index (χ0) is 19.6. The number of hydrogen-bond acceptors (Lipinski definition) is 4. The lowest BCUT2D eigenvalue weighted by molar-refractivity contribution is -0.123. The number of benzene rings is 2. The molecule has 2 heterocycles. The summed E-state index contributed by atoms with van der Waals surface area (Å²) in [6, 6.07) is 13.8. The molecule has 0 aliphatic carbocycles. The molecule has 1 aromatic heterocycles. The zero-order valence-corrected chi connectivity index (χ0v) is 17.3. The van der Waals surface area contributed by atoms with Crippen molar-refractivity contribution in [1.29, 1.82) is 0 Å². The first-order valence-corrected chi connectivity index (χ1v) is 10.1. The van der Waals surface area contributed by atoms with Gasteiger partial charge >= 0.3 is 0 Å². The first-order valence-electron chi connectivity index (χ1n) is 9.28. The summed E-state index contributed by atoms with van der Waals surface area (Å²) < 4.78 is 17.4. The zero-order valence-electron chi connectivity index (χ0n) is 15.7. The summed E-state index contributed by atoms with van der Waals surface area (Å²) in [6.07, 6.45) is 3.41. The number of methoxy groups -OCH3 is 1. The van der Waals surface area contributed by atoms with Crippen molar-refractivity contribution in [1.82, 2.24) is 5.32 Å². The third-order valence-corrected chi connectivity index (χ3v) is 5.81. The fourth-order valence-electron chi connectivity index (χ4n) is 3.80. The monoisotopic (exact) mass is 443 g/mol. The lowest BCUT2D eigenvalue weighted by Crippen LogP contribution is -2.50. The van der Waals surface area contributed by atoms with Gasteiger partial charge in [-0.2, -0.15) is 0 Å². The van der Waals surface area contributed by atoms with Crippen LogP contribution in [0.4, 0.5) is 0 Å². The Labute approximate surface area is 172 Å². The Balaban J connectivity index is 1.57. The van der Waals surface area contributed by atoms with Crippen LogP contribution in [0.2, 0.25) is 0 Å². The van der Waals surface area contributed by atoms with Crippen LogP contribution < -0.4 is 10.1 Å². The minimum atomic E-state index is -0.415. The molecule has 5 nitrogen and oxygen atoms in total. The van der Waals surface area contributed by atoms with Crippen LogP contribution in [0.1, 0.15) is 24.0 Å². The molecule has 0 atom stereocenters. The minimum Gasteiger partial charge on any atom is -0.497 e. The lowest BCUT2D eigenvalue weighted by Gasteiger charge is -2.38. The maximum Gasteiger partial charge on any atom is 0.225 e. The number of amides is 1. The number of rotatable bonds is 5. The summed E-state index contributed by atoms with van der Waals surface area (Å²) in [4.78, 5) is 13.0. The van der Waals surface area contributed by atoms with Gasteiger partial charge in [-0.1, -0.05) is 28.1 Å². The molecule has 2 aromatic carbocycles. The Hall–Kier alpha value is -2.31. The highest BCUT2D eigenvalue weighted by molar-refractivity contribution is 9.10. The average molecular weight is 444 g/mol. The minimum absolute atomic E-state index is 0.0274. The van der Waals surface area contributed by atoms with E-state index in [4.69, 9.17) is 13.9 Å². The van der Waals surface area contributed by atoms with Gasteiger partial charge in [-0.15, -0.1) is 0 Å². The van der Waals surface area contributed by atoms with Gasteiger partial charge in [0.05, 0.1) is 25.3 Å². The van der Waals surface area contributed by atoms with Gasteiger partial charge in [0.25, 0.3) is 0 Å². The number of furan rings is 1. The molecule has 1 amide bonds. The molecule has 0 spiro atoms. The van der Waals surface area contributed by atoms with E-state index in [0.717, 1.165) is 45.2 Å². The number of carbonyl (C=O) groups excluding carboxylic acids is 1. The molecule has 0 saturated carbocycles. The predicted molar refractivity (Wildman–Crippen MR) is 110 cm³/mol. The van der Waals surface area contributed by atoms with Crippen LogP contribution >= 0.6 is 15.9 Å². The molecule has 3 aromatic rings. The first-order chi connectivity index (χ1) is 13.6. The van der Waals surface area contributed by atoms with Crippen LogP contribution in [0, 0.1) is 0 Å². The van der Waals surface area contributed by atoms with Gasteiger partial charge in [-0.05, 0) is 42.7 Å². The number of nitrogens with one attached hydrogen (secondary N) is 1. The number of fused-ring (bicyclic) bond motifs is 1. The van der Waals surface area contributed by atoms with E-state index < -0.39 is 5.54 Å². The van der Waals surface area contributed by atoms with E-state index >= 15 is 0 Å². The van der Waals surface area contributed by atoms with E-state index in [9.17, 15) is 4.79 Å². The molecule has 146 valence electrons. The van der Waals surface area contributed by atoms with E-state index in [2.05, 4.69) is 33.4 Å². The Bertz CT molecular complexity index is 991. The van der Waals surface area contributed by atoms with Crippen molar-refractivity contribution in [2.24, 2.45) is 0 Å². The molecule has 0 radical (unpaired) electrons. The van der Waals surface area contributed by atoms with E-state index in [0.29, 0.717) is 13.2 Å². The van der Waals surface area contributed by atoms with Crippen molar-refractivity contribution in [3.63, 3.8) is 0 Å². The molecule has 1 aliphatic heterocycles. The Kier molecular flexibility index (Phi) is 5.42. The maximum absolute atomic E-state index is 13.0. The van der Waals surface area contributed by atoms with Crippen LogP contribution in [0.25, 0.3) is 11.0 Å². The average Bonchev–Trinajstić information content (AvgIpc) is 3.10. The summed E-state index contributed by atoms with van der Waals surface area (Å²) in [5, 5.41) is 4.23. The van der Waals surface area contributed by atoms with Crippen molar-refractivity contribution in [3.05, 3.63) is 64.3 Å². The summed E-state index contributed by atoms with van der Waals surface area (Å²) in [5.41, 5.74) is 2.27. The van der Waals surface area contributed by atoms with Gasteiger partial charge < -0.3 is 19.2 Å². The molecular formula is C22H22BrNO4. The molecule has 0 bridgehead atoms. The third-order valence-electron chi connectivity index (χ3n) is 5.32. The predicted octanol–water partition coefficient (Wildman–Crippen LogP) is 4.57. The summed E-state index contributed by atoms with van der Waals surface area (Å²) in [5.74, 6) is 0.703. The number of carbonyl (C=O) groups is 1. The van der Waals surface area contributed by atoms with Crippen LogP contribution in [0.3, 0.4) is 0 Å². The highest BCUT2D eigenvalue weighted by Crippen LogP contribution is 2.34. The van der Waals surface area contributed by atoms with Crippen molar-refractivity contribution >= 4 is 32.8 Å². The fraction of sp³-hybridized carbons (Fsp3) is 0.318. The second-order valence-electron chi connectivity index (χ2n) is 7.05. The number of hydrogen-bond donors (Lipinski definition) is 1. The van der Waals surface area contributed by atoms with Crippen LogP contribution in [-0.2, 0) is 21.5 Å². The van der Waals surface area contributed by atoms with E-state index in [1.165, 1.54) is 0 Å². The largest absolute Gasteiger partial charge is 0.497 e. The van der Waals surface area contributed by atoms with E-state index in [1.54, 1.807) is 13.4 Å². The topological polar surface area (TPSA) is 60.7 Å². The summed E-state index contributed by atoms with van der Waals surface area (Å²) in [7, 11) is 1.62. The first kappa shape index (κ1) is 19.0. The fourth-order valence-corrected chi connectivity index (χ4v) is 4.20. The van der Waals surface area contributed by atoms with Gasteiger partial charge in [0, 0.05) is 34.7 Å². The smallest absolute Gasteiger partial charge is 0.225 e. The molecule has 6 heteroatoms. The molecule has 4 rings (SSSR count). The Morgan fingerprint density at radius 2 is 2.04 bits per heavy atom. The SMILES string of the molecule is COc1ccc2c(CC(=O)NC3(c4cccc(Br)c4)CCOCC3)coc2c1. The van der Waals surface area contributed by atoms with Crippen molar-refractivity contribution in [3.8, 4) is 5.75 Å². The number of ether oxygens (including phenoxy) is 2. The highest BCUT2D eigenvalue weighted by Gasteiger charge is 2.36. The molecule has 1 saturated heterocycles. The van der Waals surface area contributed by atoms with Gasteiger partial charge in [0.1, 0.15) is 11.3 Å². The molecule has 1 fully saturated rings. The Morgan fingerprint density at radius 1 is 1.21 bits per heavy atom.